The fraction of sp³-hybridized carbons (Fsp3) is 0.0476. The second-order valence-electron chi connectivity index (χ2n) is 5.72. The molecule has 0 aliphatic rings. The van der Waals surface area contributed by atoms with Crippen molar-refractivity contribution < 1.29 is 19.1 Å². The van der Waals surface area contributed by atoms with E-state index in [0.717, 1.165) is 15.8 Å². The third-order valence-corrected chi connectivity index (χ3v) is 4.20. The topological polar surface area (TPSA) is 76.7 Å². The summed E-state index contributed by atoms with van der Waals surface area (Å²) in [7, 11) is 0. The predicted molar refractivity (Wildman–Crippen MR) is 108 cm³/mol. The maximum Gasteiger partial charge on any atom is 0.431 e. The first-order valence-corrected chi connectivity index (χ1v) is 9.20. The number of carbonyl (C=O) groups excluding carboxylic acids is 2. The monoisotopic (exact) mass is 440 g/mol. The molecule has 0 aliphatic carbocycles. The molecule has 0 radical (unpaired) electrons. The summed E-state index contributed by atoms with van der Waals surface area (Å²) in [5.74, 6) is 0.681. The molecule has 142 valence electrons. The van der Waals surface area contributed by atoms with Gasteiger partial charge in [-0.05, 0) is 54.1 Å². The van der Waals surface area contributed by atoms with E-state index in [-0.39, 0.29) is 0 Å². The van der Waals surface area contributed by atoms with E-state index in [9.17, 15) is 9.59 Å². The van der Waals surface area contributed by atoms with Gasteiger partial charge in [-0.15, -0.1) is 0 Å². The highest BCUT2D eigenvalue weighted by Crippen LogP contribution is 2.17. The van der Waals surface area contributed by atoms with Crippen LogP contribution in [0.25, 0.3) is 0 Å². The van der Waals surface area contributed by atoms with Crippen LogP contribution in [0.15, 0.2) is 83.3 Å². The number of benzene rings is 3. The van der Waals surface area contributed by atoms with Crippen LogP contribution in [0.1, 0.15) is 15.9 Å². The van der Waals surface area contributed by atoms with E-state index in [4.69, 9.17) is 9.47 Å². The summed E-state index contributed by atoms with van der Waals surface area (Å²) in [4.78, 5) is 23.8. The fourth-order valence-corrected chi connectivity index (χ4v) is 2.52. The van der Waals surface area contributed by atoms with Crippen LogP contribution in [0.5, 0.6) is 11.5 Å². The molecule has 0 atom stereocenters. The number of ether oxygens (including phenoxy) is 2. The summed E-state index contributed by atoms with van der Waals surface area (Å²) in [5, 5.41) is 0. The van der Waals surface area contributed by atoms with Gasteiger partial charge in [0.1, 0.15) is 18.1 Å². The Bertz CT molecular complexity index is 929. The van der Waals surface area contributed by atoms with Gasteiger partial charge in [0.25, 0.3) is 5.91 Å². The standard InChI is InChI=1S/C21H17BrN2O4/c22-17-10-12-18(13-11-17)27-14-15-6-8-16(9-7-15)20(25)23-24-21(26)28-19-4-2-1-3-5-19/h1-13H,14H2,(H,23,25)(H,24,26). The van der Waals surface area contributed by atoms with Gasteiger partial charge in [-0.1, -0.05) is 46.3 Å². The highest BCUT2D eigenvalue weighted by atomic mass is 79.9. The van der Waals surface area contributed by atoms with Crippen molar-refractivity contribution in [3.63, 3.8) is 0 Å². The third kappa shape index (κ3) is 5.85. The molecule has 0 aromatic heterocycles. The average molecular weight is 441 g/mol. The number of nitrogens with one attached hydrogen (secondary N) is 2. The largest absolute Gasteiger partial charge is 0.489 e. The Hall–Kier alpha value is -3.32. The highest BCUT2D eigenvalue weighted by molar-refractivity contribution is 9.10. The molecule has 0 spiro atoms. The van der Waals surface area contributed by atoms with E-state index in [0.29, 0.717) is 17.9 Å². The maximum atomic E-state index is 12.1. The number of para-hydroxylation sites is 1. The minimum atomic E-state index is -0.779. The quantitative estimate of drug-likeness (QED) is 0.574. The van der Waals surface area contributed by atoms with Crippen LogP contribution in [-0.2, 0) is 6.61 Å². The average Bonchev–Trinajstić information content (AvgIpc) is 2.73. The molecule has 0 bridgehead atoms. The Morgan fingerprint density at radius 3 is 2.14 bits per heavy atom. The van der Waals surface area contributed by atoms with Gasteiger partial charge in [0.05, 0.1) is 0 Å². The van der Waals surface area contributed by atoms with Gasteiger partial charge in [-0.3, -0.25) is 10.2 Å². The summed E-state index contributed by atoms with van der Waals surface area (Å²) in [5.41, 5.74) is 5.82. The van der Waals surface area contributed by atoms with Gasteiger partial charge < -0.3 is 9.47 Å². The smallest absolute Gasteiger partial charge is 0.431 e. The van der Waals surface area contributed by atoms with Crippen molar-refractivity contribution in [3.05, 3.63) is 94.5 Å². The molecule has 2 amide bonds. The maximum absolute atomic E-state index is 12.1. The molecule has 2 N–H and O–H groups in total. The van der Waals surface area contributed by atoms with Crippen molar-refractivity contribution in [3.8, 4) is 11.5 Å². The summed E-state index contributed by atoms with van der Waals surface area (Å²) >= 11 is 3.37. The van der Waals surface area contributed by atoms with Crippen LogP contribution < -0.4 is 20.3 Å². The summed E-state index contributed by atoms with van der Waals surface area (Å²) in [6.45, 7) is 0.380. The van der Waals surface area contributed by atoms with Crippen LogP contribution in [0.4, 0.5) is 4.79 Å². The van der Waals surface area contributed by atoms with Gasteiger partial charge in [-0.25, -0.2) is 10.2 Å². The van der Waals surface area contributed by atoms with Crippen LogP contribution in [0, 0.1) is 0 Å². The van der Waals surface area contributed by atoms with E-state index in [2.05, 4.69) is 26.8 Å². The molecule has 0 saturated carbocycles. The zero-order valence-corrected chi connectivity index (χ0v) is 16.3. The Balaban J connectivity index is 1.46. The van der Waals surface area contributed by atoms with Crippen LogP contribution in [0.3, 0.4) is 0 Å². The Kier molecular flexibility index (Phi) is 6.64. The molecule has 6 nitrogen and oxygen atoms in total. The van der Waals surface area contributed by atoms with Gasteiger partial charge in [0, 0.05) is 10.0 Å². The first-order valence-electron chi connectivity index (χ1n) is 8.41. The Morgan fingerprint density at radius 1 is 0.786 bits per heavy atom. The summed E-state index contributed by atoms with van der Waals surface area (Å²) < 4.78 is 11.7. The minimum Gasteiger partial charge on any atom is -0.489 e. The van der Waals surface area contributed by atoms with Crippen molar-refractivity contribution in [2.75, 3.05) is 0 Å². The van der Waals surface area contributed by atoms with E-state index < -0.39 is 12.0 Å². The molecule has 0 aliphatic heterocycles. The molecule has 0 heterocycles. The molecule has 3 aromatic rings. The predicted octanol–water partition coefficient (Wildman–Crippen LogP) is 4.46. The van der Waals surface area contributed by atoms with E-state index in [1.165, 1.54) is 0 Å². The lowest BCUT2D eigenvalue weighted by molar-refractivity contribution is 0.0928. The normalized spacial score (nSPS) is 10.0. The molecule has 0 saturated heterocycles. The number of rotatable bonds is 5. The van der Waals surface area contributed by atoms with E-state index >= 15 is 0 Å². The van der Waals surface area contributed by atoms with Crippen LogP contribution in [0.2, 0.25) is 0 Å². The SMILES string of the molecule is O=C(NNC(=O)c1ccc(COc2ccc(Br)cc2)cc1)Oc1ccccc1. The summed E-state index contributed by atoms with van der Waals surface area (Å²) in [6.07, 6.45) is -0.779. The van der Waals surface area contributed by atoms with Crippen molar-refractivity contribution in [2.45, 2.75) is 6.61 Å². The minimum absolute atomic E-state index is 0.379. The summed E-state index contributed by atoms with van der Waals surface area (Å²) in [6, 6.07) is 23.0. The zero-order chi connectivity index (χ0) is 19.8. The van der Waals surface area contributed by atoms with Crippen LogP contribution in [-0.4, -0.2) is 12.0 Å². The van der Waals surface area contributed by atoms with Gasteiger partial charge in [0.15, 0.2) is 0 Å². The van der Waals surface area contributed by atoms with Crippen molar-refractivity contribution in [1.82, 2.24) is 10.9 Å². The zero-order valence-electron chi connectivity index (χ0n) is 14.7. The lowest BCUT2D eigenvalue weighted by Crippen LogP contribution is -2.43. The third-order valence-electron chi connectivity index (χ3n) is 3.67. The first-order chi connectivity index (χ1) is 13.6. The van der Waals surface area contributed by atoms with Gasteiger partial charge >= 0.3 is 6.09 Å². The lowest BCUT2D eigenvalue weighted by Gasteiger charge is -2.09. The molecule has 3 rings (SSSR count). The van der Waals surface area contributed by atoms with E-state index in [1.807, 2.05) is 24.3 Å². The Labute approximate surface area is 170 Å². The number of hydrogen-bond acceptors (Lipinski definition) is 4. The number of carbonyl (C=O) groups is 2. The van der Waals surface area contributed by atoms with Crippen molar-refractivity contribution in [1.29, 1.82) is 0 Å². The number of amides is 2. The second-order valence-corrected chi connectivity index (χ2v) is 6.64. The molecular formula is C21H17BrN2O4. The second kappa shape index (κ2) is 9.57. The fourth-order valence-electron chi connectivity index (χ4n) is 2.25. The van der Waals surface area contributed by atoms with Gasteiger partial charge in [-0.2, -0.15) is 0 Å². The van der Waals surface area contributed by atoms with Gasteiger partial charge in [0.2, 0.25) is 0 Å². The van der Waals surface area contributed by atoms with Crippen LogP contribution >= 0.6 is 15.9 Å². The Morgan fingerprint density at radius 2 is 1.46 bits per heavy atom. The first kappa shape index (κ1) is 19.4. The molecule has 0 fully saturated rings. The molecule has 0 unspecified atom stereocenters. The number of hydrazine groups is 1. The number of hydrogen-bond donors (Lipinski definition) is 2. The van der Waals surface area contributed by atoms with E-state index in [1.54, 1.807) is 54.6 Å². The molecule has 7 heteroatoms. The molecule has 3 aromatic carbocycles. The van der Waals surface area contributed by atoms with Crippen molar-refractivity contribution in [2.24, 2.45) is 0 Å². The molecule has 28 heavy (non-hydrogen) atoms. The lowest BCUT2D eigenvalue weighted by atomic mass is 10.1. The number of halogens is 1. The van der Waals surface area contributed by atoms with Crippen molar-refractivity contribution >= 4 is 27.9 Å². The highest BCUT2D eigenvalue weighted by Gasteiger charge is 2.09. The molecular weight excluding hydrogens is 424 g/mol.